The van der Waals surface area contributed by atoms with Crippen LogP contribution in [0.2, 0.25) is 0 Å². The summed E-state index contributed by atoms with van der Waals surface area (Å²) in [4.78, 5) is 53.1. The summed E-state index contributed by atoms with van der Waals surface area (Å²) >= 11 is 0. The lowest BCUT2D eigenvalue weighted by molar-refractivity contribution is -0.145. The van der Waals surface area contributed by atoms with Gasteiger partial charge in [0, 0.05) is 11.6 Å². The molecule has 0 bridgehead atoms. The van der Waals surface area contributed by atoms with Crippen LogP contribution in [0.15, 0.2) is 24.3 Å². The van der Waals surface area contributed by atoms with E-state index in [0.29, 0.717) is 17.5 Å². The molecule has 0 radical (unpaired) electrons. The molecule has 2 N–H and O–H groups in total. The Hall–Kier alpha value is -3.54. The molecule has 1 aliphatic carbocycles. The van der Waals surface area contributed by atoms with E-state index in [0.717, 1.165) is 12.8 Å². The van der Waals surface area contributed by atoms with E-state index in [1.807, 2.05) is 13.8 Å². The largest absolute Gasteiger partial charge is 0.468 e. The zero-order valence-corrected chi connectivity index (χ0v) is 21.9. The third-order valence-corrected chi connectivity index (χ3v) is 5.45. The quantitative estimate of drug-likeness (QED) is 0.378. The van der Waals surface area contributed by atoms with Gasteiger partial charge in [0.25, 0.3) is 0 Å². The van der Waals surface area contributed by atoms with Gasteiger partial charge in [-0.25, -0.2) is 4.79 Å². The first kappa shape index (κ1) is 28.7. The Morgan fingerprint density at radius 1 is 1.14 bits per heavy atom. The summed E-state index contributed by atoms with van der Waals surface area (Å²) in [6.07, 6.45) is 6.56. The molecule has 1 saturated carbocycles. The summed E-state index contributed by atoms with van der Waals surface area (Å²) < 4.78 is 10.0. The van der Waals surface area contributed by atoms with Crippen LogP contribution in [0.4, 0.5) is 4.79 Å². The van der Waals surface area contributed by atoms with E-state index < -0.39 is 41.6 Å². The van der Waals surface area contributed by atoms with Gasteiger partial charge in [0.1, 0.15) is 24.2 Å². The minimum absolute atomic E-state index is 0.0800. The number of rotatable bonds is 10. The molecule has 1 aliphatic rings. The van der Waals surface area contributed by atoms with Crippen molar-refractivity contribution in [3.05, 3.63) is 35.4 Å². The number of benzene rings is 1. The molecule has 2 atom stereocenters. The molecular formula is C27H37N3O6. The number of amides is 3. The first-order valence-electron chi connectivity index (χ1n) is 12.1. The minimum Gasteiger partial charge on any atom is -0.468 e. The number of ether oxygens (including phenoxy) is 2. The number of carbonyl (C=O) groups is 4. The molecule has 1 aromatic carbocycles. The summed E-state index contributed by atoms with van der Waals surface area (Å²) in [5, 5.41) is 5.28. The van der Waals surface area contributed by atoms with E-state index in [1.165, 1.54) is 12.0 Å². The number of nitrogens with zero attached hydrogens (tertiary/aromatic N) is 1. The molecule has 9 heteroatoms. The van der Waals surface area contributed by atoms with Crippen LogP contribution >= 0.6 is 0 Å². The fraction of sp³-hybridized carbons (Fsp3) is 0.556. The second-order valence-electron chi connectivity index (χ2n) is 10.3. The number of hydrogen-bond acceptors (Lipinski definition) is 6. The van der Waals surface area contributed by atoms with Gasteiger partial charge in [-0.3, -0.25) is 14.4 Å². The fourth-order valence-corrected chi connectivity index (χ4v) is 3.72. The second kappa shape index (κ2) is 12.4. The molecule has 2 rings (SSSR count). The molecule has 1 fully saturated rings. The SMILES string of the molecule is C#Cc1ccc(C(C(=O)NCC(=O)OC)N(C(=O)C(CC(C)C)NC(=O)OC(C)(C)C)C2CC2)cc1. The summed E-state index contributed by atoms with van der Waals surface area (Å²) in [7, 11) is 1.23. The van der Waals surface area contributed by atoms with E-state index in [2.05, 4.69) is 21.3 Å². The van der Waals surface area contributed by atoms with Crippen LogP contribution in [0.5, 0.6) is 0 Å². The average molecular weight is 500 g/mol. The van der Waals surface area contributed by atoms with E-state index in [-0.39, 0.29) is 18.5 Å². The van der Waals surface area contributed by atoms with Crippen molar-refractivity contribution in [2.24, 2.45) is 5.92 Å². The van der Waals surface area contributed by atoms with Crippen molar-refractivity contribution in [1.29, 1.82) is 0 Å². The normalized spacial score (nSPS) is 14.7. The van der Waals surface area contributed by atoms with Crippen LogP contribution in [-0.2, 0) is 23.9 Å². The maximum atomic E-state index is 13.9. The third kappa shape index (κ3) is 8.59. The number of nitrogens with one attached hydrogen (secondary N) is 2. The van der Waals surface area contributed by atoms with Crippen molar-refractivity contribution in [3.63, 3.8) is 0 Å². The van der Waals surface area contributed by atoms with Gasteiger partial charge in [-0.15, -0.1) is 6.42 Å². The number of alkyl carbamates (subject to hydrolysis) is 1. The standard InChI is InChI=1S/C27H37N3O6/c1-8-18-9-11-19(12-10-18)23(24(32)28-16-22(31)35-7)30(20-13-14-20)25(33)21(15-17(2)3)29-26(34)36-27(4,5)6/h1,9-12,17,20-21,23H,13-16H2,2-7H3,(H,28,32)(H,29,34). The highest BCUT2D eigenvalue weighted by Crippen LogP contribution is 2.36. The van der Waals surface area contributed by atoms with E-state index in [4.69, 9.17) is 11.2 Å². The lowest BCUT2D eigenvalue weighted by Crippen LogP contribution is -2.54. The maximum Gasteiger partial charge on any atom is 0.408 e. The molecule has 0 aromatic heterocycles. The Bertz CT molecular complexity index is 986. The van der Waals surface area contributed by atoms with Crippen LogP contribution < -0.4 is 10.6 Å². The second-order valence-corrected chi connectivity index (χ2v) is 10.3. The maximum absolute atomic E-state index is 13.9. The average Bonchev–Trinajstić information content (AvgIpc) is 3.63. The lowest BCUT2D eigenvalue weighted by Gasteiger charge is -2.35. The van der Waals surface area contributed by atoms with E-state index in [1.54, 1.807) is 45.0 Å². The van der Waals surface area contributed by atoms with Gasteiger partial charge in [-0.2, -0.15) is 0 Å². The van der Waals surface area contributed by atoms with Gasteiger partial charge in [-0.1, -0.05) is 31.9 Å². The Balaban J connectivity index is 2.44. The van der Waals surface area contributed by atoms with Gasteiger partial charge in [-0.05, 0) is 63.6 Å². The van der Waals surface area contributed by atoms with Gasteiger partial charge in [0.2, 0.25) is 11.8 Å². The Morgan fingerprint density at radius 3 is 2.22 bits per heavy atom. The molecule has 3 amide bonds. The van der Waals surface area contributed by atoms with Crippen molar-refractivity contribution in [3.8, 4) is 12.3 Å². The van der Waals surface area contributed by atoms with Crippen LogP contribution in [-0.4, -0.2) is 60.1 Å². The topological polar surface area (TPSA) is 114 Å². The molecule has 9 nitrogen and oxygen atoms in total. The van der Waals surface area contributed by atoms with Crippen LogP contribution in [0.1, 0.15) is 71.0 Å². The summed E-state index contributed by atoms with van der Waals surface area (Å²) in [5.41, 5.74) is 0.430. The monoisotopic (exact) mass is 499 g/mol. The minimum atomic E-state index is -1.03. The fourth-order valence-electron chi connectivity index (χ4n) is 3.72. The summed E-state index contributed by atoms with van der Waals surface area (Å²) in [5.74, 6) is 1.08. The Labute approximate surface area is 213 Å². The van der Waals surface area contributed by atoms with Crippen molar-refractivity contribution in [2.45, 2.75) is 77.6 Å². The zero-order valence-electron chi connectivity index (χ0n) is 21.9. The van der Waals surface area contributed by atoms with Gasteiger partial charge in [0.05, 0.1) is 7.11 Å². The number of methoxy groups -OCH3 is 1. The number of hydrogen-bond donors (Lipinski definition) is 2. The number of esters is 1. The highest BCUT2D eigenvalue weighted by atomic mass is 16.6. The van der Waals surface area contributed by atoms with Crippen molar-refractivity contribution >= 4 is 23.9 Å². The number of carbonyl (C=O) groups excluding carboxylic acids is 4. The highest BCUT2D eigenvalue weighted by Gasteiger charge is 2.44. The predicted octanol–water partition coefficient (Wildman–Crippen LogP) is 2.93. The van der Waals surface area contributed by atoms with Crippen LogP contribution in [0, 0.1) is 18.3 Å². The summed E-state index contributed by atoms with van der Waals surface area (Å²) in [6.45, 7) is 8.76. The number of terminal acetylenes is 1. The highest BCUT2D eigenvalue weighted by molar-refractivity contribution is 5.93. The molecule has 0 heterocycles. The Morgan fingerprint density at radius 2 is 1.75 bits per heavy atom. The van der Waals surface area contributed by atoms with E-state index >= 15 is 0 Å². The molecule has 196 valence electrons. The van der Waals surface area contributed by atoms with Gasteiger partial charge >= 0.3 is 12.1 Å². The van der Waals surface area contributed by atoms with Gasteiger partial charge < -0.3 is 25.0 Å². The van der Waals surface area contributed by atoms with Gasteiger partial charge in [0.15, 0.2) is 0 Å². The molecule has 0 saturated heterocycles. The van der Waals surface area contributed by atoms with Crippen LogP contribution in [0.3, 0.4) is 0 Å². The smallest absolute Gasteiger partial charge is 0.408 e. The van der Waals surface area contributed by atoms with Crippen LogP contribution in [0.25, 0.3) is 0 Å². The summed E-state index contributed by atoms with van der Waals surface area (Å²) in [6, 6.07) is 4.65. The van der Waals surface area contributed by atoms with Crippen molar-refractivity contribution < 1.29 is 28.7 Å². The first-order valence-corrected chi connectivity index (χ1v) is 12.1. The lowest BCUT2D eigenvalue weighted by atomic mass is 9.98. The molecule has 2 unspecified atom stereocenters. The third-order valence-electron chi connectivity index (χ3n) is 5.45. The molecule has 1 aromatic rings. The predicted molar refractivity (Wildman–Crippen MR) is 135 cm³/mol. The molecular weight excluding hydrogens is 462 g/mol. The first-order chi connectivity index (χ1) is 16.9. The van der Waals surface area contributed by atoms with Crippen molar-refractivity contribution in [1.82, 2.24) is 15.5 Å². The molecule has 36 heavy (non-hydrogen) atoms. The Kier molecular flexibility index (Phi) is 9.91. The zero-order chi connectivity index (χ0) is 27.0. The van der Waals surface area contributed by atoms with E-state index in [9.17, 15) is 19.2 Å². The molecule has 0 aliphatic heterocycles. The van der Waals surface area contributed by atoms with Crippen molar-refractivity contribution in [2.75, 3.05) is 13.7 Å². The molecule has 0 spiro atoms.